The van der Waals surface area contributed by atoms with E-state index in [0.29, 0.717) is 12.0 Å². The largest absolute Gasteiger partial charge is 0.417 e. The molecule has 0 atom stereocenters. The topological polar surface area (TPSA) is 81.1 Å². The number of halogens is 3. The molecule has 0 aliphatic carbocycles. The number of allylic oxidation sites excluding steroid dienone is 1. The second-order valence-corrected chi connectivity index (χ2v) is 4.56. The Balaban J connectivity index is 3.37. The van der Waals surface area contributed by atoms with Crippen molar-refractivity contribution < 1.29 is 18.0 Å². The van der Waals surface area contributed by atoms with Gasteiger partial charge >= 0.3 is 6.18 Å². The summed E-state index contributed by atoms with van der Waals surface area (Å²) in [6.45, 7) is 3.38. The molecule has 0 unspecified atom stereocenters. The van der Waals surface area contributed by atoms with E-state index >= 15 is 0 Å². The van der Waals surface area contributed by atoms with Crippen molar-refractivity contribution >= 4 is 12.0 Å². The Hall–Kier alpha value is -1.86. The monoisotopic (exact) mass is 301 g/mol. The molecule has 0 spiro atoms. The molecule has 0 heterocycles. The number of carbonyl (C=O) groups is 1. The number of alkyl halides is 3. The lowest BCUT2D eigenvalue weighted by Gasteiger charge is -2.16. The molecule has 0 fully saturated rings. The molecule has 0 aromatic heterocycles. The van der Waals surface area contributed by atoms with Crippen LogP contribution >= 0.6 is 0 Å². The molecule has 4 nitrogen and oxygen atoms in total. The zero-order valence-corrected chi connectivity index (χ0v) is 11.8. The van der Waals surface area contributed by atoms with Crippen molar-refractivity contribution in [1.29, 1.82) is 0 Å². The molecular weight excluding hydrogens is 283 g/mol. The first-order chi connectivity index (χ1) is 9.66. The number of nitrogens with two attached hydrogens (primary N) is 2. The Morgan fingerprint density at radius 3 is 2.48 bits per heavy atom. The first-order valence-electron chi connectivity index (χ1n) is 6.37. The van der Waals surface area contributed by atoms with E-state index in [4.69, 9.17) is 11.5 Å². The molecule has 1 aromatic rings. The van der Waals surface area contributed by atoms with Crippen LogP contribution in [0.1, 0.15) is 40.4 Å². The number of hydrogen-bond donors (Lipinski definition) is 3. The Kier molecular flexibility index (Phi) is 5.51. The van der Waals surface area contributed by atoms with Crippen LogP contribution in [0, 0.1) is 6.92 Å². The van der Waals surface area contributed by atoms with Crippen molar-refractivity contribution in [2.24, 2.45) is 11.5 Å². The molecule has 1 aromatic carbocycles. The number of benzene rings is 1. The Morgan fingerprint density at radius 2 is 2.00 bits per heavy atom. The third-order valence-electron chi connectivity index (χ3n) is 2.78. The maximum Gasteiger partial charge on any atom is 0.417 e. The number of amides is 1. The minimum Gasteiger partial charge on any atom is -0.324 e. The van der Waals surface area contributed by atoms with Gasteiger partial charge in [-0.15, -0.1) is 0 Å². The summed E-state index contributed by atoms with van der Waals surface area (Å²) in [5, 5.41) is 2.17. The highest BCUT2D eigenvalue weighted by atomic mass is 19.4. The van der Waals surface area contributed by atoms with Gasteiger partial charge < -0.3 is 5.32 Å². The normalized spacial score (nSPS) is 12.2. The van der Waals surface area contributed by atoms with E-state index in [1.807, 2.05) is 6.92 Å². The van der Waals surface area contributed by atoms with Gasteiger partial charge in [0.15, 0.2) is 0 Å². The molecule has 0 bridgehead atoms. The van der Waals surface area contributed by atoms with Crippen molar-refractivity contribution in [1.82, 2.24) is 5.32 Å². The van der Waals surface area contributed by atoms with Crippen LogP contribution in [0.25, 0.3) is 6.08 Å². The van der Waals surface area contributed by atoms with Gasteiger partial charge in [0.25, 0.3) is 5.91 Å². The lowest BCUT2D eigenvalue weighted by molar-refractivity contribution is -0.137. The summed E-state index contributed by atoms with van der Waals surface area (Å²) >= 11 is 0. The zero-order chi connectivity index (χ0) is 16.2. The average molecular weight is 301 g/mol. The number of carbonyl (C=O) groups excluding carboxylic acids is 1. The third-order valence-corrected chi connectivity index (χ3v) is 2.78. The highest BCUT2D eigenvalue weighted by Gasteiger charge is 2.34. The van der Waals surface area contributed by atoms with Crippen LogP contribution in [0.5, 0.6) is 0 Å². The molecular formula is C14H18F3N3O. The van der Waals surface area contributed by atoms with Crippen molar-refractivity contribution in [2.45, 2.75) is 32.7 Å². The molecule has 116 valence electrons. The summed E-state index contributed by atoms with van der Waals surface area (Å²) in [7, 11) is 0. The molecule has 7 heteroatoms. The van der Waals surface area contributed by atoms with E-state index in [9.17, 15) is 18.0 Å². The van der Waals surface area contributed by atoms with Crippen molar-refractivity contribution in [3.8, 4) is 0 Å². The molecule has 21 heavy (non-hydrogen) atoms. The van der Waals surface area contributed by atoms with Crippen LogP contribution < -0.4 is 16.8 Å². The summed E-state index contributed by atoms with van der Waals surface area (Å²) in [6.07, 6.45) is -2.06. The standard InChI is InChI=1S/C14H18F3N3O/c1-3-4-5-9-6-8(2)10(12(21)20-13(18)19)7-11(9)14(15,16)17/h4-7,13H,3,18-19H2,1-2H3,(H,20,21). The second kappa shape index (κ2) is 6.73. The molecule has 0 aliphatic rings. The zero-order valence-electron chi connectivity index (χ0n) is 11.8. The van der Waals surface area contributed by atoms with Gasteiger partial charge in [-0.2, -0.15) is 13.2 Å². The highest BCUT2D eigenvalue weighted by Crippen LogP contribution is 2.34. The van der Waals surface area contributed by atoms with Gasteiger partial charge in [-0.25, -0.2) is 0 Å². The fraction of sp³-hybridized carbons (Fsp3) is 0.357. The molecule has 0 radical (unpaired) electrons. The van der Waals surface area contributed by atoms with E-state index in [2.05, 4.69) is 5.32 Å². The summed E-state index contributed by atoms with van der Waals surface area (Å²) in [4.78, 5) is 11.8. The van der Waals surface area contributed by atoms with Gasteiger partial charge in [0, 0.05) is 5.56 Å². The van der Waals surface area contributed by atoms with Crippen LogP contribution in [0.3, 0.4) is 0 Å². The van der Waals surface area contributed by atoms with Crippen LogP contribution in [-0.4, -0.2) is 12.2 Å². The minimum absolute atomic E-state index is 0.0236. The predicted octanol–water partition coefficient (Wildman–Crippen LogP) is 2.37. The summed E-state index contributed by atoms with van der Waals surface area (Å²) < 4.78 is 39.3. The minimum atomic E-state index is -4.55. The predicted molar refractivity (Wildman–Crippen MR) is 75.1 cm³/mol. The van der Waals surface area contributed by atoms with Crippen LogP contribution in [-0.2, 0) is 6.18 Å². The SMILES string of the molecule is CCC=Cc1cc(C)c(C(=O)NC(N)N)cc1C(F)(F)F. The van der Waals surface area contributed by atoms with Gasteiger partial charge in [-0.1, -0.05) is 25.1 Å². The Morgan fingerprint density at radius 1 is 1.38 bits per heavy atom. The molecule has 1 amide bonds. The second-order valence-electron chi connectivity index (χ2n) is 4.56. The Labute approximate surface area is 121 Å². The fourth-order valence-corrected chi connectivity index (χ4v) is 1.83. The van der Waals surface area contributed by atoms with E-state index in [1.165, 1.54) is 12.1 Å². The third kappa shape index (κ3) is 4.57. The number of rotatable bonds is 4. The smallest absolute Gasteiger partial charge is 0.324 e. The summed E-state index contributed by atoms with van der Waals surface area (Å²) in [5.74, 6) is -0.737. The van der Waals surface area contributed by atoms with Crippen LogP contribution in [0.4, 0.5) is 13.2 Å². The average Bonchev–Trinajstić information content (AvgIpc) is 2.33. The molecule has 0 saturated heterocycles. The van der Waals surface area contributed by atoms with Crippen molar-refractivity contribution in [2.75, 3.05) is 0 Å². The van der Waals surface area contributed by atoms with Crippen LogP contribution in [0.2, 0.25) is 0 Å². The van der Waals surface area contributed by atoms with Gasteiger partial charge in [0.1, 0.15) is 6.29 Å². The van der Waals surface area contributed by atoms with E-state index < -0.39 is 23.9 Å². The number of hydrogen-bond acceptors (Lipinski definition) is 3. The van der Waals surface area contributed by atoms with Gasteiger partial charge in [-0.3, -0.25) is 16.3 Å². The lowest BCUT2D eigenvalue weighted by Crippen LogP contribution is -2.48. The van der Waals surface area contributed by atoms with E-state index in [-0.39, 0.29) is 11.1 Å². The lowest BCUT2D eigenvalue weighted by atomic mass is 9.97. The summed E-state index contributed by atoms with van der Waals surface area (Å²) in [6, 6.07) is 2.15. The van der Waals surface area contributed by atoms with Gasteiger partial charge in [0.2, 0.25) is 0 Å². The van der Waals surface area contributed by atoms with Crippen molar-refractivity contribution in [3.63, 3.8) is 0 Å². The quantitative estimate of drug-likeness (QED) is 0.747. The van der Waals surface area contributed by atoms with E-state index in [0.717, 1.165) is 6.07 Å². The first kappa shape index (κ1) is 17.2. The molecule has 0 aliphatic heterocycles. The van der Waals surface area contributed by atoms with Gasteiger partial charge in [0.05, 0.1) is 5.56 Å². The van der Waals surface area contributed by atoms with Crippen LogP contribution in [0.15, 0.2) is 18.2 Å². The molecule has 0 saturated carbocycles. The number of nitrogens with one attached hydrogen (secondary N) is 1. The van der Waals surface area contributed by atoms with Gasteiger partial charge in [-0.05, 0) is 30.5 Å². The first-order valence-corrected chi connectivity index (χ1v) is 6.37. The Bertz CT molecular complexity index is 551. The maximum atomic E-state index is 13.1. The molecule has 1 rings (SSSR count). The van der Waals surface area contributed by atoms with E-state index in [1.54, 1.807) is 13.0 Å². The fourth-order valence-electron chi connectivity index (χ4n) is 1.83. The number of aryl methyl sites for hydroxylation is 1. The molecule has 5 N–H and O–H groups in total. The summed E-state index contributed by atoms with van der Waals surface area (Å²) in [5.41, 5.74) is 9.90. The highest BCUT2D eigenvalue weighted by molar-refractivity contribution is 5.96. The maximum absolute atomic E-state index is 13.1. The van der Waals surface area contributed by atoms with Crippen molar-refractivity contribution in [3.05, 3.63) is 40.5 Å².